The molecule has 2 aliphatic rings. The van der Waals surface area contributed by atoms with Gasteiger partial charge in [-0.25, -0.2) is 4.98 Å². The zero-order valence-corrected chi connectivity index (χ0v) is 12.7. The lowest BCUT2D eigenvalue weighted by molar-refractivity contribution is -0.136. The fourth-order valence-electron chi connectivity index (χ4n) is 2.86. The Labute approximate surface area is 123 Å². The number of aryl methyl sites for hydroxylation is 1. The maximum Gasteiger partial charge on any atom is 0.225 e. The molecule has 3 rings (SSSR count). The molecular formula is C13H21N5OS. The zero-order valence-electron chi connectivity index (χ0n) is 11.8. The van der Waals surface area contributed by atoms with Gasteiger partial charge in [0.1, 0.15) is 5.82 Å². The minimum Gasteiger partial charge on any atom is -0.343 e. The van der Waals surface area contributed by atoms with E-state index in [1.54, 1.807) is 0 Å². The predicted octanol–water partition coefficient (Wildman–Crippen LogP) is 0.495. The van der Waals surface area contributed by atoms with Gasteiger partial charge in [0, 0.05) is 43.6 Å². The van der Waals surface area contributed by atoms with E-state index in [1.165, 1.54) is 11.5 Å². The maximum atomic E-state index is 12.5. The predicted molar refractivity (Wildman–Crippen MR) is 79.0 cm³/mol. The van der Waals surface area contributed by atoms with E-state index >= 15 is 0 Å². The van der Waals surface area contributed by atoms with Crippen LogP contribution in [-0.2, 0) is 4.79 Å². The van der Waals surface area contributed by atoms with Gasteiger partial charge in [0.15, 0.2) is 0 Å². The van der Waals surface area contributed by atoms with E-state index in [1.807, 2.05) is 11.8 Å². The van der Waals surface area contributed by atoms with E-state index in [2.05, 4.69) is 19.6 Å². The van der Waals surface area contributed by atoms with Crippen LogP contribution in [0, 0.1) is 12.8 Å². The van der Waals surface area contributed by atoms with Crippen LogP contribution in [-0.4, -0.2) is 59.4 Å². The monoisotopic (exact) mass is 295 g/mol. The molecular weight excluding hydrogens is 274 g/mol. The summed E-state index contributed by atoms with van der Waals surface area (Å²) in [6.07, 6.45) is 1.96. The highest BCUT2D eigenvalue weighted by Gasteiger charge is 2.29. The number of piperazine rings is 1. The minimum atomic E-state index is 0.228. The largest absolute Gasteiger partial charge is 0.343 e. The first-order valence-electron chi connectivity index (χ1n) is 7.29. The van der Waals surface area contributed by atoms with Crippen molar-refractivity contribution in [3.63, 3.8) is 0 Å². The smallest absolute Gasteiger partial charge is 0.225 e. The SMILES string of the molecule is Cc1nsc(N2CCN(C(=O)C3CCNCC3)CC2)n1. The summed E-state index contributed by atoms with van der Waals surface area (Å²) in [5.74, 6) is 1.41. The Bertz CT molecular complexity index is 463. The van der Waals surface area contributed by atoms with Gasteiger partial charge < -0.3 is 15.1 Å². The summed E-state index contributed by atoms with van der Waals surface area (Å²) >= 11 is 1.45. The molecule has 0 bridgehead atoms. The Morgan fingerprint density at radius 3 is 2.55 bits per heavy atom. The maximum absolute atomic E-state index is 12.5. The van der Waals surface area contributed by atoms with Crippen molar-refractivity contribution in [1.82, 2.24) is 19.6 Å². The summed E-state index contributed by atoms with van der Waals surface area (Å²) in [5.41, 5.74) is 0. The molecule has 1 aromatic rings. The number of piperidine rings is 1. The molecule has 3 heterocycles. The van der Waals surface area contributed by atoms with Crippen LogP contribution >= 0.6 is 11.5 Å². The molecule has 2 fully saturated rings. The molecule has 1 amide bonds. The number of aromatic nitrogens is 2. The first kappa shape index (κ1) is 13.8. The molecule has 0 unspecified atom stereocenters. The molecule has 0 saturated carbocycles. The van der Waals surface area contributed by atoms with Crippen molar-refractivity contribution in [3.05, 3.63) is 5.82 Å². The van der Waals surface area contributed by atoms with Crippen LogP contribution in [0.4, 0.5) is 5.13 Å². The van der Waals surface area contributed by atoms with Crippen LogP contribution in [0.3, 0.4) is 0 Å². The van der Waals surface area contributed by atoms with Gasteiger partial charge in [-0.15, -0.1) is 0 Å². The lowest BCUT2D eigenvalue weighted by Gasteiger charge is -2.36. The molecule has 110 valence electrons. The number of nitrogens with zero attached hydrogens (tertiary/aromatic N) is 4. The van der Waals surface area contributed by atoms with Gasteiger partial charge in [-0.05, 0) is 32.9 Å². The number of nitrogens with one attached hydrogen (secondary N) is 1. The summed E-state index contributed by atoms with van der Waals surface area (Å²) < 4.78 is 4.22. The number of carbonyl (C=O) groups excluding carboxylic acids is 1. The van der Waals surface area contributed by atoms with Crippen molar-refractivity contribution in [2.45, 2.75) is 19.8 Å². The zero-order chi connectivity index (χ0) is 13.9. The van der Waals surface area contributed by atoms with Crippen molar-refractivity contribution in [3.8, 4) is 0 Å². The average Bonchev–Trinajstić information content (AvgIpc) is 2.94. The summed E-state index contributed by atoms with van der Waals surface area (Å²) in [6, 6.07) is 0. The molecule has 0 aromatic carbocycles. The average molecular weight is 295 g/mol. The lowest BCUT2D eigenvalue weighted by atomic mass is 9.96. The van der Waals surface area contributed by atoms with Gasteiger partial charge in [0.25, 0.3) is 0 Å². The molecule has 2 saturated heterocycles. The molecule has 0 spiro atoms. The standard InChI is InChI=1S/C13H21N5OS/c1-10-15-13(20-16-10)18-8-6-17(7-9-18)12(19)11-2-4-14-5-3-11/h11,14H,2-9H2,1H3. The van der Waals surface area contributed by atoms with E-state index in [4.69, 9.17) is 0 Å². The number of hydrogen-bond acceptors (Lipinski definition) is 6. The Morgan fingerprint density at radius 1 is 1.25 bits per heavy atom. The van der Waals surface area contributed by atoms with Crippen molar-refractivity contribution < 1.29 is 4.79 Å². The van der Waals surface area contributed by atoms with E-state index in [0.29, 0.717) is 5.91 Å². The number of amides is 1. The molecule has 6 nitrogen and oxygen atoms in total. The third-order valence-corrected chi connectivity index (χ3v) is 4.94. The van der Waals surface area contributed by atoms with Gasteiger partial charge in [-0.1, -0.05) is 0 Å². The Morgan fingerprint density at radius 2 is 1.95 bits per heavy atom. The van der Waals surface area contributed by atoms with Gasteiger partial charge in [0.2, 0.25) is 11.0 Å². The summed E-state index contributed by atoms with van der Waals surface area (Å²) in [5, 5.41) is 4.29. The summed E-state index contributed by atoms with van der Waals surface area (Å²) in [6.45, 7) is 7.21. The van der Waals surface area contributed by atoms with Crippen LogP contribution in [0.15, 0.2) is 0 Å². The molecule has 1 aromatic heterocycles. The first-order chi connectivity index (χ1) is 9.74. The highest BCUT2D eigenvalue weighted by molar-refractivity contribution is 7.09. The second-order valence-electron chi connectivity index (χ2n) is 5.46. The van der Waals surface area contributed by atoms with Crippen LogP contribution in [0.2, 0.25) is 0 Å². The molecule has 0 aliphatic carbocycles. The number of carbonyl (C=O) groups is 1. The van der Waals surface area contributed by atoms with Crippen molar-refractivity contribution in [2.24, 2.45) is 5.92 Å². The number of rotatable bonds is 2. The van der Waals surface area contributed by atoms with E-state index in [9.17, 15) is 4.79 Å². The van der Waals surface area contributed by atoms with Gasteiger partial charge in [-0.2, -0.15) is 4.37 Å². The normalized spacial score (nSPS) is 21.2. The van der Waals surface area contributed by atoms with Crippen molar-refractivity contribution >= 4 is 22.6 Å². The van der Waals surface area contributed by atoms with E-state index < -0.39 is 0 Å². The third-order valence-electron chi connectivity index (χ3n) is 4.07. The fraction of sp³-hybridized carbons (Fsp3) is 0.769. The number of anilines is 1. The molecule has 2 aliphatic heterocycles. The third kappa shape index (κ3) is 2.93. The second-order valence-corrected chi connectivity index (χ2v) is 6.19. The Kier molecular flexibility index (Phi) is 4.16. The van der Waals surface area contributed by atoms with Crippen molar-refractivity contribution in [1.29, 1.82) is 0 Å². The van der Waals surface area contributed by atoms with Crippen LogP contribution < -0.4 is 10.2 Å². The summed E-state index contributed by atoms with van der Waals surface area (Å²) in [7, 11) is 0. The van der Waals surface area contributed by atoms with Crippen LogP contribution in [0.25, 0.3) is 0 Å². The fourth-order valence-corrected chi connectivity index (χ4v) is 3.59. The van der Waals surface area contributed by atoms with E-state index in [0.717, 1.165) is 63.1 Å². The minimum absolute atomic E-state index is 0.228. The number of hydrogen-bond donors (Lipinski definition) is 1. The van der Waals surface area contributed by atoms with E-state index in [-0.39, 0.29) is 5.92 Å². The highest BCUT2D eigenvalue weighted by Crippen LogP contribution is 2.21. The second kappa shape index (κ2) is 6.05. The highest BCUT2D eigenvalue weighted by atomic mass is 32.1. The Hall–Kier alpha value is -1.21. The lowest BCUT2D eigenvalue weighted by Crippen LogP contribution is -2.51. The quantitative estimate of drug-likeness (QED) is 0.860. The molecule has 0 radical (unpaired) electrons. The topological polar surface area (TPSA) is 61.4 Å². The first-order valence-corrected chi connectivity index (χ1v) is 8.06. The molecule has 0 atom stereocenters. The molecule has 7 heteroatoms. The van der Waals surface area contributed by atoms with Crippen molar-refractivity contribution in [2.75, 3.05) is 44.2 Å². The van der Waals surface area contributed by atoms with Gasteiger partial charge in [-0.3, -0.25) is 4.79 Å². The Balaban J connectivity index is 1.54. The van der Waals surface area contributed by atoms with Crippen LogP contribution in [0.5, 0.6) is 0 Å². The molecule has 20 heavy (non-hydrogen) atoms. The van der Waals surface area contributed by atoms with Gasteiger partial charge in [0.05, 0.1) is 0 Å². The van der Waals surface area contributed by atoms with Crippen LogP contribution in [0.1, 0.15) is 18.7 Å². The molecule has 1 N–H and O–H groups in total. The summed E-state index contributed by atoms with van der Waals surface area (Å²) in [4.78, 5) is 21.1. The van der Waals surface area contributed by atoms with Gasteiger partial charge >= 0.3 is 0 Å².